The Balaban J connectivity index is 1.89. The Kier molecular flexibility index (Phi) is 11.1. The number of benzene rings is 2. The average Bonchev–Trinajstić information content (AvgIpc) is 2.83. The fourth-order valence-electron chi connectivity index (χ4n) is 3.54. The van der Waals surface area contributed by atoms with E-state index in [2.05, 4.69) is 91.0 Å². The number of hydrogen-bond donors (Lipinski definition) is 1. The Bertz CT molecular complexity index is 987. The highest BCUT2D eigenvalue weighted by Gasteiger charge is 2.21. The summed E-state index contributed by atoms with van der Waals surface area (Å²) in [7, 11) is 0. The van der Waals surface area contributed by atoms with Crippen LogP contribution in [0.2, 0.25) is 0 Å². The Hall–Kier alpha value is -2.75. The first-order valence-electron chi connectivity index (χ1n) is 13.5. The monoisotopic (exact) mass is 493 g/mol. The van der Waals surface area contributed by atoms with E-state index < -0.39 is 0 Å². The zero-order valence-electron chi connectivity index (χ0n) is 23.7. The molecular formula is C32H47NO3. The third kappa shape index (κ3) is 10.1. The maximum Gasteiger partial charge on any atom is 0.243 e. The molecule has 4 heteroatoms. The molecule has 0 radical (unpaired) electrons. The molecule has 1 amide bonds. The van der Waals surface area contributed by atoms with E-state index in [0.717, 1.165) is 49.2 Å². The zero-order valence-corrected chi connectivity index (χ0v) is 23.7. The lowest BCUT2D eigenvalue weighted by Crippen LogP contribution is -2.28. The van der Waals surface area contributed by atoms with Crippen molar-refractivity contribution in [1.29, 1.82) is 0 Å². The minimum absolute atomic E-state index is 0.0586. The van der Waals surface area contributed by atoms with Gasteiger partial charge in [-0.05, 0) is 94.5 Å². The molecule has 0 spiro atoms. The summed E-state index contributed by atoms with van der Waals surface area (Å²) in [4.78, 5) is 12.2. The number of unbranched alkanes of at least 4 members (excludes halogenated alkanes) is 1. The molecular weight excluding hydrogens is 446 g/mol. The van der Waals surface area contributed by atoms with Crippen molar-refractivity contribution >= 4 is 12.0 Å². The van der Waals surface area contributed by atoms with Crippen LogP contribution in [-0.4, -0.2) is 23.7 Å². The number of rotatable bonds is 14. The van der Waals surface area contributed by atoms with Crippen LogP contribution < -0.4 is 14.8 Å². The highest BCUT2D eigenvalue weighted by Crippen LogP contribution is 2.32. The average molecular weight is 494 g/mol. The zero-order chi connectivity index (χ0) is 26.8. The van der Waals surface area contributed by atoms with E-state index in [9.17, 15) is 4.79 Å². The second-order valence-corrected chi connectivity index (χ2v) is 11.1. The van der Waals surface area contributed by atoms with E-state index in [1.807, 2.05) is 18.2 Å². The first-order valence-corrected chi connectivity index (χ1v) is 13.5. The molecule has 1 N–H and O–H groups in total. The number of carbonyl (C=O) groups excluding carboxylic acids is 1. The van der Waals surface area contributed by atoms with Gasteiger partial charge >= 0.3 is 0 Å². The van der Waals surface area contributed by atoms with Gasteiger partial charge in [-0.2, -0.15) is 0 Å². The Morgan fingerprint density at radius 3 is 2.17 bits per heavy atom. The number of ether oxygens (including phenoxy) is 2. The molecule has 198 valence electrons. The minimum Gasteiger partial charge on any atom is -0.488 e. The minimum atomic E-state index is -0.247. The molecule has 0 heterocycles. The van der Waals surface area contributed by atoms with E-state index in [1.54, 1.807) is 6.08 Å². The highest BCUT2D eigenvalue weighted by atomic mass is 16.5. The highest BCUT2D eigenvalue weighted by molar-refractivity contribution is 5.91. The molecule has 0 aliphatic rings. The summed E-state index contributed by atoms with van der Waals surface area (Å²) in [6.45, 7) is 17.7. The molecule has 0 saturated heterocycles. The lowest BCUT2D eigenvalue weighted by molar-refractivity contribution is -0.116. The summed E-state index contributed by atoms with van der Waals surface area (Å²) >= 11 is 0. The summed E-state index contributed by atoms with van der Waals surface area (Å²) in [5.74, 6) is 2.18. The van der Waals surface area contributed by atoms with Gasteiger partial charge in [-0.15, -0.1) is 0 Å². The van der Waals surface area contributed by atoms with E-state index in [4.69, 9.17) is 9.47 Å². The summed E-state index contributed by atoms with van der Waals surface area (Å²) in [5, 5.41) is 3.00. The first kappa shape index (κ1) is 29.5. The van der Waals surface area contributed by atoms with Gasteiger partial charge in [0.15, 0.2) is 0 Å². The quantitative estimate of drug-likeness (QED) is 0.214. The van der Waals surface area contributed by atoms with Gasteiger partial charge in [0, 0.05) is 18.7 Å². The van der Waals surface area contributed by atoms with Gasteiger partial charge in [-0.25, -0.2) is 0 Å². The molecule has 0 unspecified atom stereocenters. The van der Waals surface area contributed by atoms with Crippen LogP contribution in [0.25, 0.3) is 6.08 Å². The fraction of sp³-hybridized carbons (Fsp3) is 0.531. The summed E-state index contributed by atoms with van der Waals surface area (Å²) in [6, 6.07) is 14.5. The van der Waals surface area contributed by atoms with E-state index in [-0.39, 0.29) is 17.1 Å². The molecule has 4 nitrogen and oxygen atoms in total. The van der Waals surface area contributed by atoms with Crippen molar-refractivity contribution < 1.29 is 14.3 Å². The Morgan fingerprint density at radius 2 is 1.56 bits per heavy atom. The molecule has 2 aromatic carbocycles. The SMILES string of the molecule is CCC(C)(C)Oc1ccc(CCCCNC(=O)/C=C/c2ccc(C(C)C)cc2)c(OC(C)(C)CC)c1. The van der Waals surface area contributed by atoms with Crippen molar-refractivity contribution in [2.75, 3.05) is 6.54 Å². The van der Waals surface area contributed by atoms with Gasteiger partial charge in [0.05, 0.1) is 0 Å². The Morgan fingerprint density at radius 1 is 0.917 bits per heavy atom. The lowest BCUT2D eigenvalue weighted by Gasteiger charge is -2.29. The van der Waals surface area contributed by atoms with Gasteiger partial charge in [-0.3, -0.25) is 4.79 Å². The normalized spacial score (nSPS) is 12.2. The van der Waals surface area contributed by atoms with Crippen LogP contribution in [0.15, 0.2) is 48.5 Å². The van der Waals surface area contributed by atoms with Crippen LogP contribution in [0.5, 0.6) is 11.5 Å². The van der Waals surface area contributed by atoms with Crippen LogP contribution >= 0.6 is 0 Å². The summed E-state index contributed by atoms with van der Waals surface area (Å²) in [5.41, 5.74) is 3.04. The maximum absolute atomic E-state index is 12.2. The number of amides is 1. The fourth-order valence-corrected chi connectivity index (χ4v) is 3.54. The van der Waals surface area contributed by atoms with Crippen molar-refractivity contribution in [2.45, 2.75) is 105 Å². The molecule has 0 aromatic heterocycles. The van der Waals surface area contributed by atoms with Gasteiger partial charge in [0.2, 0.25) is 5.91 Å². The van der Waals surface area contributed by atoms with E-state index >= 15 is 0 Å². The number of hydrogen-bond acceptors (Lipinski definition) is 3. The van der Waals surface area contributed by atoms with E-state index in [1.165, 1.54) is 11.1 Å². The first-order chi connectivity index (χ1) is 16.9. The van der Waals surface area contributed by atoms with Gasteiger partial charge in [0.25, 0.3) is 0 Å². The number of carbonyl (C=O) groups is 1. The van der Waals surface area contributed by atoms with Crippen molar-refractivity contribution in [3.8, 4) is 11.5 Å². The molecule has 36 heavy (non-hydrogen) atoms. The molecule has 0 atom stereocenters. The predicted octanol–water partition coefficient (Wildman–Crippen LogP) is 8.10. The Labute approximate surface area is 219 Å². The third-order valence-electron chi connectivity index (χ3n) is 6.72. The van der Waals surface area contributed by atoms with Gasteiger partial charge in [0.1, 0.15) is 22.7 Å². The second-order valence-electron chi connectivity index (χ2n) is 11.1. The molecule has 2 rings (SSSR count). The van der Waals surface area contributed by atoms with Crippen molar-refractivity contribution in [3.05, 3.63) is 65.2 Å². The molecule has 0 fully saturated rings. The van der Waals surface area contributed by atoms with E-state index in [0.29, 0.717) is 12.5 Å². The van der Waals surface area contributed by atoms with Crippen LogP contribution in [0, 0.1) is 0 Å². The summed E-state index contributed by atoms with van der Waals surface area (Å²) in [6.07, 6.45) is 8.07. The second kappa shape index (κ2) is 13.5. The maximum atomic E-state index is 12.2. The van der Waals surface area contributed by atoms with Crippen LogP contribution in [0.3, 0.4) is 0 Å². The molecule has 0 saturated carbocycles. The van der Waals surface area contributed by atoms with Crippen molar-refractivity contribution in [3.63, 3.8) is 0 Å². The molecule has 2 aromatic rings. The van der Waals surface area contributed by atoms with Crippen LogP contribution in [0.4, 0.5) is 0 Å². The molecule has 0 aliphatic heterocycles. The van der Waals surface area contributed by atoms with Crippen LogP contribution in [0.1, 0.15) is 104 Å². The predicted molar refractivity (Wildman–Crippen MR) is 152 cm³/mol. The molecule has 0 bridgehead atoms. The largest absolute Gasteiger partial charge is 0.488 e. The van der Waals surface area contributed by atoms with Gasteiger partial charge < -0.3 is 14.8 Å². The number of aryl methyl sites for hydroxylation is 1. The topological polar surface area (TPSA) is 47.6 Å². The van der Waals surface area contributed by atoms with Crippen LogP contribution in [-0.2, 0) is 11.2 Å². The van der Waals surface area contributed by atoms with Crippen molar-refractivity contribution in [2.24, 2.45) is 0 Å². The number of nitrogens with one attached hydrogen (secondary N) is 1. The summed E-state index contributed by atoms with van der Waals surface area (Å²) < 4.78 is 12.6. The standard InChI is InChI=1S/C32H47NO3/c1-9-31(5,6)35-28-20-19-27(29(23-28)36-32(7,8)10-2)13-11-12-22-33-30(34)21-16-25-14-17-26(18-15-25)24(3)4/h14-21,23-24H,9-13,22H2,1-8H3,(H,33,34)/b21-16+. The lowest BCUT2D eigenvalue weighted by atomic mass is 10.0. The van der Waals surface area contributed by atoms with Gasteiger partial charge in [-0.1, -0.05) is 58.0 Å². The van der Waals surface area contributed by atoms with Crippen molar-refractivity contribution in [1.82, 2.24) is 5.32 Å². The molecule has 0 aliphatic carbocycles. The smallest absolute Gasteiger partial charge is 0.243 e. The third-order valence-corrected chi connectivity index (χ3v) is 6.72.